The Hall–Kier alpha value is -0.850. The molecule has 21 heavy (non-hydrogen) atoms. The van der Waals surface area contributed by atoms with Crippen molar-refractivity contribution in [1.29, 1.82) is 0 Å². The first kappa shape index (κ1) is 16.5. The monoisotopic (exact) mass is 299 g/mol. The maximum Gasteiger partial charge on any atom is 0.317 e. The van der Waals surface area contributed by atoms with E-state index < -0.39 is 5.60 Å². The normalized spacial score (nSPS) is 25.9. The van der Waals surface area contributed by atoms with Gasteiger partial charge in [-0.1, -0.05) is 0 Å². The molecule has 0 saturated carbocycles. The van der Waals surface area contributed by atoms with Crippen LogP contribution in [0.15, 0.2) is 0 Å². The highest BCUT2D eigenvalue weighted by Crippen LogP contribution is 2.23. The number of likely N-dealkylation sites (tertiary alicyclic amines) is 1. The second-order valence-corrected chi connectivity index (χ2v) is 6.52. The lowest BCUT2D eigenvalue weighted by atomic mass is 9.91. The van der Waals surface area contributed by atoms with E-state index in [1.807, 2.05) is 4.90 Å². The molecule has 6 nitrogen and oxygen atoms in total. The predicted molar refractivity (Wildman–Crippen MR) is 81.3 cm³/mol. The molecule has 0 bridgehead atoms. The molecule has 1 unspecified atom stereocenters. The van der Waals surface area contributed by atoms with Crippen molar-refractivity contribution in [2.45, 2.75) is 43.7 Å². The predicted octanol–water partition coefficient (Wildman–Crippen LogP) is 0.654. The smallest absolute Gasteiger partial charge is 0.317 e. The molecule has 2 amide bonds. The van der Waals surface area contributed by atoms with Gasteiger partial charge in [0.1, 0.15) is 0 Å². The van der Waals surface area contributed by atoms with Crippen LogP contribution in [0.5, 0.6) is 0 Å². The lowest BCUT2D eigenvalue weighted by Gasteiger charge is -2.36. The molecule has 2 fully saturated rings. The molecule has 2 aliphatic heterocycles. The maximum atomic E-state index is 12.2. The average molecular weight is 299 g/mol. The van der Waals surface area contributed by atoms with Gasteiger partial charge in [-0.3, -0.25) is 0 Å². The van der Waals surface area contributed by atoms with Gasteiger partial charge in [0.05, 0.1) is 5.60 Å². The Morgan fingerprint density at radius 1 is 1.43 bits per heavy atom. The minimum Gasteiger partial charge on any atom is -0.390 e. The molecule has 0 aliphatic carbocycles. The number of hydrogen-bond donors (Lipinski definition) is 2. The van der Waals surface area contributed by atoms with Crippen LogP contribution in [0.4, 0.5) is 4.79 Å². The maximum absolute atomic E-state index is 12.2. The fraction of sp³-hybridized carbons (Fsp3) is 0.933. The first-order chi connectivity index (χ1) is 10.0. The SMILES string of the molecule is CN(C)C1CCCN(C(=O)NCCC2(O)CCOCC2)C1. The van der Waals surface area contributed by atoms with Gasteiger partial charge >= 0.3 is 6.03 Å². The van der Waals surface area contributed by atoms with Crippen LogP contribution in [0.3, 0.4) is 0 Å². The Kier molecular flexibility index (Phi) is 5.84. The fourth-order valence-corrected chi connectivity index (χ4v) is 3.08. The van der Waals surface area contributed by atoms with E-state index in [1.165, 1.54) is 0 Å². The van der Waals surface area contributed by atoms with Gasteiger partial charge in [-0.2, -0.15) is 0 Å². The quantitative estimate of drug-likeness (QED) is 0.800. The topological polar surface area (TPSA) is 65.0 Å². The van der Waals surface area contributed by atoms with Gasteiger partial charge in [0.2, 0.25) is 0 Å². The van der Waals surface area contributed by atoms with E-state index in [4.69, 9.17) is 4.74 Å². The zero-order chi connectivity index (χ0) is 15.3. The Bertz CT molecular complexity index is 343. The average Bonchev–Trinajstić information content (AvgIpc) is 2.48. The molecule has 2 heterocycles. The van der Waals surface area contributed by atoms with Crippen LogP contribution in [0.2, 0.25) is 0 Å². The fourth-order valence-electron chi connectivity index (χ4n) is 3.08. The molecule has 0 radical (unpaired) electrons. The summed E-state index contributed by atoms with van der Waals surface area (Å²) in [6, 6.07) is 0.446. The third kappa shape index (κ3) is 4.83. The van der Waals surface area contributed by atoms with Crippen LogP contribution >= 0.6 is 0 Å². The summed E-state index contributed by atoms with van der Waals surface area (Å²) in [5, 5.41) is 13.3. The molecule has 2 saturated heterocycles. The van der Waals surface area contributed by atoms with Gasteiger partial charge in [0.15, 0.2) is 0 Å². The molecule has 0 aromatic carbocycles. The van der Waals surface area contributed by atoms with Crippen LogP contribution < -0.4 is 5.32 Å². The van der Waals surface area contributed by atoms with E-state index in [1.54, 1.807) is 0 Å². The number of nitrogens with one attached hydrogen (secondary N) is 1. The standard InChI is InChI=1S/C15H29N3O3/c1-17(2)13-4-3-9-18(12-13)14(19)16-8-5-15(20)6-10-21-11-7-15/h13,20H,3-12H2,1-2H3,(H,16,19). The van der Waals surface area contributed by atoms with Gasteiger partial charge in [-0.25, -0.2) is 4.79 Å². The van der Waals surface area contributed by atoms with E-state index in [9.17, 15) is 9.90 Å². The van der Waals surface area contributed by atoms with E-state index in [-0.39, 0.29) is 6.03 Å². The summed E-state index contributed by atoms with van der Waals surface area (Å²) < 4.78 is 5.26. The number of nitrogens with zero attached hydrogens (tertiary/aromatic N) is 2. The first-order valence-electron chi connectivity index (χ1n) is 7.99. The minimum atomic E-state index is -0.667. The lowest BCUT2D eigenvalue weighted by Crippen LogP contribution is -2.51. The van der Waals surface area contributed by atoms with Crippen molar-refractivity contribution in [1.82, 2.24) is 15.1 Å². The van der Waals surface area contributed by atoms with E-state index in [2.05, 4.69) is 24.3 Å². The molecule has 0 aromatic rings. The molecule has 122 valence electrons. The first-order valence-corrected chi connectivity index (χ1v) is 7.99. The summed E-state index contributed by atoms with van der Waals surface area (Å²) in [6.45, 7) is 3.37. The van der Waals surface area contributed by atoms with Gasteiger partial charge in [-0.05, 0) is 46.2 Å². The second kappa shape index (κ2) is 7.42. The zero-order valence-corrected chi connectivity index (χ0v) is 13.3. The van der Waals surface area contributed by atoms with Crippen LogP contribution in [0.1, 0.15) is 32.1 Å². The highest BCUT2D eigenvalue weighted by molar-refractivity contribution is 5.74. The Morgan fingerprint density at radius 2 is 2.14 bits per heavy atom. The highest BCUT2D eigenvalue weighted by Gasteiger charge is 2.30. The molecule has 2 N–H and O–H groups in total. The Morgan fingerprint density at radius 3 is 2.81 bits per heavy atom. The minimum absolute atomic E-state index is 0.00258. The summed E-state index contributed by atoms with van der Waals surface area (Å²) in [5.74, 6) is 0. The number of likely N-dealkylation sites (N-methyl/N-ethyl adjacent to an activating group) is 1. The largest absolute Gasteiger partial charge is 0.390 e. The Balaban J connectivity index is 1.71. The number of aliphatic hydroxyl groups is 1. The lowest BCUT2D eigenvalue weighted by molar-refractivity contribution is -0.0670. The summed E-state index contributed by atoms with van der Waals surface area (Å²) in [5.41, 5.74) is -0.667. The van der Waals surface area contributed by atoms with Crippen molar-refractivity contribution in [3.63, 3.8) is 0 Å². The summed E-state index contributed by atoms with van der Waals surface area (Å²) in [6.07, 6.45) is 4.13. The van der Waals surface area contributed by atoms with Crippen LogP contribution in [0, 0.1) is 0 Å². The van der Waals surface area contributed by atoms with Gasteiger partial charge in [0, 0.05) is 38.9 Å². The molecular weight excluding hydrogens is 270 g/mol. The molecule has 0 spiro atoms. The van der Waals surface area contributed by atoms with E-state index in [0.717, 1.165) is 25.9 Å². The molecule has 2 rings (SSSR count). The number of amides is 2. The van der Waals surface area contributed by atoms with Crippen molar-refractivity contribution < 1.29 is 14.6 Å². The van der Waals surface area contributed by atoms with Gasteiger partial charge in [0.25, 0.3) is 0 Å². The van der Waals surface area contributed by atoms with Crippen molar-refractivity contribution >= 4 is 6.03 Å². The third-order valence-corrected chi connectivity index (χ3v) is 4.70. The van der Waals surface area contributed by atoms with Crippen molar-refractivity contribution in [3.8, 4) is 0 Å². The van der Waals surface area contributed by atoms with Gasteiger partial charge < -0.3 is 25.0 Å². The molecular formula is C15H29N3O3. The number of carbonyl (C=O) groups excluding carboxylic acids is 1. The number of carbonyl (C=O) groups is 1. The summed E-state index contributed by atoms with van der Waals surface area (Å²) in [7, 11) is 4.12. The Labute approximate surface area is 127 Å². The number of piperidine rings is 1. The van der Waals surface area contributed by atoms with Crippen molar-refractivity contribution in [2.75, 3.05) is 46.9 Å². The number of ether oxygens (including phenoxy) is 1. The van der Waals surface area contributed by atoms with Gasteiger partial charge in [-0.15, -0.1) is 0 Å². The highest BCUT2D eigenvalue weighted by atomic mass is 16.5. The van der Waals surface area contributed by atoms with Crippen LogP contribution in [0.25, 0.3) is 0 Å². The third-order valence-electron chi connectivity index (χ3n) is 4.70. The van der Waals surface area contributed by atoms with Crippen molar-refractivity contribution in [3.05, 3.63) is 0 Å². The van der Waals surface area contributed by atoms with Crippen LogP contribution in [-0.2, 0) is 4.74 Å². The summed E-state index contributed by atoms with van der Waals surface area (Å²) in [4.78, 5) is 16.3. The number of urea groups is 1. The molecule has 0 aromatic heterocycles. The molecule has 6 heteroatoms. The second-order valence-electron chi connectivity index (χ2n) is 6.52. The molecule has 2 aliphatic rings. The van der Waals surface area contributed by atoms with Crippen LogP contribution in [-0.4, -0.2) is 79.5 Å². The zero-order valence-electron chi connectivity index (χ0n) is 13.3. The van der Waals surface area contributed by atoms with E-state index in [0.29, 0.717) is 45.1 Å². The number of hydrogen-bond acceptors (Lipinski definition) is 4. The molecule has 1 atom stereocenters. The van der Waals surface area contributed by atoms with E-state index >= 15 is 0 Å². The summed E-state index contributed by atoms with van der Waals surface area (Å²) >= 11 is 0. The van der Waals surface area contributed by atoms with Crippen molar-refractivity contribution in [2.24, 2.45) is 0 Å². The number of rotatable bonds is 4.